The molecule has 1 atom stereocenters. The van der Waals surface area contributed by atoms with Crippen LogP contribution < -0.4 is 0 Å². The van der Waals surface area contributed by atoms with Crippen molar-refractivity contribution in [2.75, 3.05) is 13.2 Å². The van der Waals surface area contributed by atoms with Gasteiger partial charge in [0.05, 0.1) is 0 Å². The van der Waals surface area contributed by atoms with Crippen molar-refractivity contribution in [1.29, 1.82) is 0 Å². The third kappa shape index (κ3) is 58.5. The van der Waals surface area contributed by atoms with Gasteiger partial charge < -0.3 is 14.2 Å². The van der Waals surface area contributed by atoms with E-state index in [4.69, 9.17) is 14.2 Å². The maximum atomic E-state index is 12.8. The molecule has 0 bridgehead atoms. The van der Waals surface area contributed by atoms with E-state index in [0.717, 1.165) is 89.9 Å². The quantitative estimate of drug-likeness (QED) is 0.0261. The molecule has 0 aliphatic carbocycles. The fourth-order valence-electron chi connectivity index (χ4n) is 9.64. The normalized spacial score (nSPS) is 12.2. The molecule has 422 valence electrons. The second-order valence-electron chi connectivity index (χ2n) is 21.7. The molecule has 0 saturated carbocycles. The average Bonchev–Trinajstić information content (AvgIpc) is 3.38. The summed E-state index contributed by atoms with van der Waals surface area (Å²) in [5.41, 5.74) is 0. The molecule has 0 aliphatic rings. The number of hydrogen-bond donors (Lipinski definition) is 0. The smallest absolute Gasteiger partial charge is 0.306 e. The SMILES string of the molecule is CC/C=C\C/C=C\C/C=C\CCCCCCCCCC(=O)OC(COC(=O)CCCCCCC)COC(=O)CCCCCCCCCCCCCCCCCCCCCCCCCCCCCCCCCC. The molecular weight excluding hydrogens is 889 g/mol. The standard InChI is InChI=1S/C66H122O6/c1-4-7-10-13-15-17-19-21-23-25-26-27-28-29-30-31-32-33-34-35-36-37-38-39-41-42-44-46-48-50-53-56-59-65(68)71-62-63(61-70-64(67)58-55-52-12-9-6-3)72-66(69)60-57-54-51-49-47-45-43-40-24-22-20-18-16-14-11-8-5-2/h8,11,16,18,22,24,63H,4-7,9-10,12-15,17,19-21,23,25-62H2,1-3H3/b11-8-,18-16-,24-22-. The van der Waals surface area contributed by atoms with Crippen LogP contribution in [-0.2, 0) is 28.6 Å². The molecule has 0 heterocycles. The molecule has 0 N–H and O–H groups in total. The van der Waals surface area contributed by atoms with Gasteiger partial charge >= 0.3 is 17.9 Å². The molecule has 0 aromatic heterocycles. The van der Waals surface area contributed by atoms with E-state index in [0.29, 0.717) is 19.3 Å². The summed E-state index contributed by atoms with van der Waals surface area (Å²) in [4.78, 5) is 37.8. The van der Waals surface area contributed by atoms with Crippen molar-refractivity contribution in [3.63, 3.8) is 0 Å². The third-order valence-electron chi connectivity index (χ3n) is 14.4. The molecule has 0 saturated heterocycles. The monoisotopic (exact) mass is 1010 g/mol. The fourth-order valence-corrected chi connectivity index (χ4v) is 9.64. The van der Waals surface area contributed by atoms with Gasteiger partial charge in [0.15, 0.2) is 6.10 Å². The topological polar surface area (TPSA) is 78.9 Å². The Morgan fingerprint density at radius 2 is 0.542 bits per heavy atom. The highest BCUT2D eigenvalue weighted by Gasteiger charge is 2.19. The van der Waals surface area contributed by atoms with Crippen molar-refractivity contribution in [1.82, 2.24) is 0 Å². The van der Waals surface area contributed by atoms with E-state index in [-0.39, 0.29) is 31.1 Å². The van der Waals surface area contributed by atoms with E-state index in [1.54, 1.807) is 0 Å². The highest BCUT2D eigenvalue weighted by Crippen LogP contribution is 2.18. The minimum absolute atomic E-state index is 0.0729. The third-order valence-corrected chi connectivity index (χ3v) is 14.4. The zero-order valence-electron chi connectivity index (χ0n) is 48.5. The van der Waals surface area contributed by atoms with Crippen LogP contribution >= 0.6 is 0 Å². The molecule has 0 fully saturated rings. The van der Waals surface area contributed by atoms with Gasteiger partial charge in [-0.25, -0.2) is 0 Å². The molecule has 0 spiro atoms. The Hall–Kier alpha value is -2.37. The molecule has 6 nitrogen and oxygen atoms in total. The fraction of sp³-hybridized carbons (Fsp3) is 0.864. The van der Waals surface area contributed by atoms with Crippen LogP contribution in [0, 0.1) is 0 Å². The first-order valence-corrected chi connectivity index (χ1v) is 32.0. The van der Waals surface area contributed by atoms with E-state index >= 15 is 0 Å². The van der Waals surface area contributed by atoms with Crippen LogP contribution in [0.3, 0.4) is 0 Å². The number of esters is 3. The highest BCUT2D eigenvalue weighted by atomic mass is 16.6. The van der Waals surface area contributed by atoms with Crippen molar-refractivity contribution in [3.8, 4) is 0 Å². The second-order valence-corrected chi connectivity index (χ2v) is 21.7. The summed E-state index contributed by atoms with van der Waals surface area (Å²) in [5, 5.41) is 0. The molecule has 0 aliphatic heterocycles. The Kier molecular flexibility index (Phi) is 59.2. The number of unbranched alkanes of at least 4 members (excludes halogenated alkanes) is 42. The molecular formula is C66H122O6. The van der Waals surface area contributed by atoms with Crippen LogP contribution in [-0.4, -0.2) is 37.2 Å². The van der Waals surface area contributed by atoms with Gasteiger partial charge in [0.2, 0.25) is 0 Å². The minimum Gasteiger partial charge on any atom is -0.462 e. The molecule has 0 aromatic rings. The Morgan fingerprint density at radius 1 is 0.292 bits per heavy atom. The number of rotatable bonds is 59. The van der Waals surface area contributed by atoms with Crippen LogP contribution in [0.1, 0.15) is 348 Å². The van der Waals surface area contributed by atoms with Crippen LogP contribution in [0.4, 0.5) is 0 Å². The van der Waals surface area contributed by atoms with Crippen LogP contribution in [0.5, 0.6) is 0 Å². The van der Waals surface area contributed by atoms with Crippen LogP contribution in [0.15, 0.2) is 36.5 Å². The number of ether oxygens (including phenoxy) is 3. The summed E-state index contributed by atoms with van der Waals surface area (Å²) in [7, 11) is 0. The first-order chi connectivity index (χ1) is 35.5. The van der Waals surface area contributed by atoms with E-state index in [2.05, 4.69) is 57.2 Å². The largest absolute Gasteiger partial charge is 0.462 e. The van der Waals surface area contributed by atoms with Gasteiger partial charge in [-0.05, 0) is 51.4 Å². The van der Waals surface area contributed by atoms with Gasteiger partial charge in [0.1, 0.15) is 13.2 Å². The number of carbonyl (C=O) groups excluding carboxylic acids is 3. The predicted molar refractivity (Wildman–Crippen MR) is 312 cm³/mol. The Labute approximate surface area is 448 Å². The zero-order valence-corrected chi connectivity index (χ0v) is 48.5. The Balaban J connectivity index is 3.89. The minimum atomic E-state index is -0.772. The average molecular weight is 1010 g/mol. The Morgan fingerprint density at radius 3 is 0.847 bits per heavy atom. The van der Waals surface area contributed by atoms with Crippen molar-refractivity contribution in [3.05, 3.63) is 36.5 Å². The van der Waals surface area contributed by atoms with Gasteiger partial charge in [-0.2, -0.15) is 0 Å². The summed E-state index contributed by atoms with van der Waals surface area (Å²) in [6.07, 6.45) is 75.1. The van der Waals surface area contributed by atoms with Gasteiger partial charge in [-0.15, -0.1) is 0 Å². The predicted octanol–water partition coefficient (Wildman–Crippen LogP) is 21.6. The molecule has 72 heavy (non-hydrogen) atoms. The lowest BCUT2D eigenvalue weighted by molar-refractivity contribution is -0.167. The zero-order chi connectivity index (χ0) is 52.2. The second kappa shape index (κ2) is 61.2. The van der Waals surface area contributed by atoms with Crippen molar-refractivity contribution >= 4 is 17.9 Å². The number of allylic oxidation sites excluding steroid dienone is 6. The van der Waals surface area contributed by atoms with Crippen LogP contribution in [0.25, 0.3) is 0 Å². The van der Waals surface area contributed by atoms with Crippen LogP contribution in [0.2, 0.25) is 0 Å². The molecule has 0 rings (SSSR count). The van der Waals surface area contributed by atoms with E-state index in [9.17, 15) is 14.4 Å². The maximum absolute atomic E-state index is 12.8. The maximum Gasteiger partial charge on any atom is 0.306 e. The van der Waals surface area contributed by atoms with E-state index < -0.39 is 6.10 Å². The molecule has 0 amide bonds. The lowest BCUT2D eigenvalue weighted by Crippen LogP contribution is -2.30. The lowest BCUT2D eigenvalue weighted by atomic mass is 10.0. The van der Waals surface area contributed by atoms with E-state index in [1.165, 1.54) is 218 Å². The van der Waals surface area contributed by atoms with Gasteiger partial charge in [-0.3, -0.25) is 14.4 Å². The summed E-state index contributed by atoms with van der Waals surface area (Å²) < 4.78 is 16.7. The number of carbonyl (C=O) groups is 3. The molecule has 6 heteroatoms. The summed E-state index contributed by atoms with van der Waals surface area (Å²) >= 11 is 0. The van der Waals surface area contributed by atoms with Gasteiger partial charge in [-0.1, -0.05) is 314 Å². The molecule has 0 radical (unpaired) electrons. The lowest BCUT2D eigenvalue weighted by Gasteiger charge is -2.18. The van der Waals surface area contributed by atoms with Gasteiger partial charge in [0, 0.05) is 19.3 Å². The van der Waals surface area contributed by atoms with Crippen molar-refractivity contribution in [2.45, 2.75) is 354 Å². The van der Waals surface area contributed by atoms with E-state index in [1.807, 2.05) is 0 Å². The molecule has 1 unspecified atom stereocenters. The first kappa shape index (κ1) is 69.6. The molecule has 0 aromatic carbocycles. The summed E-state index contributed by atoms with van der Waals surface area (Å²) in [6.45, 7) is 6.49. The first-order valence-electron chi connectivity index (χ1n) is 32.0. The number of hydrogen-bond acceptors (Lipinski definition) is 6. The van der Waals surface area contributed by atoms with Crippen molar-refractivity contribution in [2.24, 2.45) is 0 Å². The Bertz CT molecular complexity index is 1210. The summed E-state index contributed by atoms with van der Waals surface area (Å²) in [6, 6.07) is 0. The van der Waals surface area contributed by atoms with Crippen molar-refractivity contribution < 1.29 is 28.6 Å². The highest BCUT2D eigenvalue weighted by molar-refractivity contribution is 5.71. The summed E-state index contributed by atoms with van der Waals surface area (Å²) in [5.74, 6) is -0.880. The van der Waals surface area contributed by atoms with Gasteiger partial charge in [0.25, 0.3) is 0 Å².